The smallest absolute Gasteiger partial charge is 0.270 e. The van der Waals surface area contributed by atoms with Crippen LogP contribution in [0, 0.1) is 10.1 Å². The Morgan fingerprint density at radius 2 is 0.827 bits per heavy atom. The van der Waals surface area contributed by atoms with Crippen LogP contribution in [-0.2, 0) is 45.4 Å². The van der Waals surface area contributed by atoms with Crippen molar-refractivity contribution in [2.24, 2.45) is 0 Å². The molecular weight excluding hydrogens is 656 g/mol. The van der Waals surface area contributed by atoms with Crippen molar-refractivity contribution >= 4 is 5.69 Å². The second-order valence-electron chi connectivity index (χ2n) is 12.6. The van der Waals surface area contributed by atoms with Gasteiger partial charge in [0.2, 0.25) is 0 Å². The molecule has 4 atom stereocenters. The van der Waals surface area contributed by atoms with Gasteiger partial charge in [-0.05, 0) is 34.4 Å². The summed E-state index contributed by atoms with van der Waals surface area (Å²) < 4.78 is 26.6. The number of pyridine rings is 1. The molecule has 0 fully saturated rings. The van der Waals surface area contributed by atoms with Gasteiger partial charge in [0.05, 0.1) is 42.7 Å². The topological polar surface area (TPSA) is 113 Å². The normalized spacial score (nSPS) is 19.9. The Balaban J connectivity index is 1.34. The molecule has 4 bridgehead atoms. The van der Waals surface area contributed by atoms with Gasteiger partial charge < -0.3 is 24.1 Å². The lowest BCUT2D eigenvalue weighted by atomic mass is 9.97. The van der Waals surface area contributed by atoms with Gasteiger partial charge in [-0.25, -0.2) is 0 Å². The van der Waals surface area contributed by atoms with Gasteiger partial charge >= 0.3 is 0 Å². The van der Waals surface area contributed by atoms with Crippen LogP contribution in [0.1, 0.15) is 69.2 Å². The molecule has 9 heteroatoms. The fourth-order valence-corrected chi connectivity index (χ4v) is 6.47. The maximum atomic E-state index is 12.2. The van der Waals surface area contributed by atoms with Crippen molar-refractivity contribution < 1.29 is 29.0 Å². The number of benzene rings is 5. The maximum absolute atomic E-state index is 12.2. The minimum atomic E-state index is -0.651. The molecule has 5 aromatic carbocycles. The number of nitrogens with zero attached hydrogens (tertiary/aromatic N) is 2. The molecule has 0 spiro atoms. The number of fused-ring (bicyclic) bond motifs is 4. The molecule has 262 valence electrons. The molecule has 0 saturated carbocycles. The molecule has 0 radical (unpaired) electrons. The third-order valence-corrected chi connectivity index (χ3v) is 9.05. The Labute approximate surface area is 302 Å². The summed E-state index contributed by atoms with van der Waals surface area (Å²) in [5.41, 5.74) is 5.17. The van der Waals surface area contributed by atoms with Crippen LogP contribution in [0.4, 0.5) is 5.69 Å². The highest BCUT2D eigenvalue weighted by Crippen LogP contribution is 2.41. The molecular formula is C43H38N2O7. The first-order chi connectivity index (χ1) is 25.5. The van der Waals surface area contributed by atoms with Gasteiger partial charge in [0.15, 0.2) is 0 Å². The molecule has 0 amide bonds. The van der Waals surface area contributed by atoms with E-state index in [0.717, 1.165) is 22.3 Å². The van der Waals surface area contributed by atoms with Crippen LogP contribution in [0.15, 0.2) is 152 Å². The van der Waals surface area contributed by atoms with Gasteiger partial charge in [0.1, 0.15) is 30.2 Å². The van der Waals surface area contributed by atoms with Gasteiger partial charge in [-0.3, -0.25) is 15.1 Å². The van der Waals surface area contributed by atoms with Crippen LogP contribution in [0.2, 0.25) is 0 Å². The molecule has 9 nitrogen and oxygen atoms in total. The molecule has 6 aromatic rings. The van der Waals surface area contributed by atoms with Crippen molar-refractivity contribution in [2.75, 3.05) is 0 Å². The molecule has 2 heterocycles. The highest BCUT2D eigenvalue weighted by Gasteiger charge is 2.30. The summed E-state index contributed by atoms with van der Waals surface area (Å²) in [6, 6.07) is 47.3. The number of aromatic hydroxyl groups is 1. The number of phenolic OH excluding ortho intramolecular Hbond substituents is 1. The summed E-state index contributed by atoms with van der Waals surface area (Å²) in [6.45, 7) is 0.0606. The van der Waals surface area contributed by atoms with Gasteiger partial charge in [-0.2, -0.15) is 0 Å². The lowest BCUT2D eigenvalue weighted by Crippen LogP contribution is -2.20. The number of non-ortho nitro benzene ring substituents is 1. The molecule has 1 aliphatic rings. The molecule has 0 aliphatic carbocycles. The van der Waals surface area contributed by atoms with Crippen molar-refractivity contribution in [3.05, 3.63) is 207 Å². The van der Waals surface area contributed by atoms with Gasteiger partial charge in [0.25, 0.3) is 5.69 Å². The van der Waals surface area contributed by atoms with Crippen LogP contribution in [-0.4, -0.2) is 15.0 Å². The summed E-state index contributed by atoms with van der Waals surface area (Å²) in [6.07, 6.45) is -2.49. The van der Waals surface area contributed by atoms with Crippen LogP contribution in [0.5, 0.6) is 5.75 Å². The van der Waals surface area contributed by atoms with E-state index in [4.69, 9.17) is 23.9 Å². The fourth-order valence-electron chi connectivity index (χ4n) is 6.47. The number of phenols is 1. The number of aromatic nitrogens is 1. The van der Waals surface area contributed by atoms with E-state index in [-0.39, 0.29) is 49.0 Å². The van der Waals surface area contributed by atoms with E-state index in [9.17, 15) is 15.2 Å². The number of rotatable bonds is 5. The lowest BCUT2D eigenvalue weighted by Gasteiger charge is -2.30. The van der Waals surface area contributed by atoms with Crippen LogP contribution < -0.4 is 0 Å². The largest absolute Gasteiger partial charge is 0.507 e. The van der Waals surface area contributed by atoms with E-state index in [1.54, 1.807) is 0 Å². The van der Waals surface area contributed by atoms with E-state index >= 15 is 0 Å². The van der Waals surface area contributed by atoms with E-state index in [2.05, 4.69) is 0 Å². The Kier molecular flexibility index (Phi) is 11.0. The van der Waals surface area contributed by atoms with Crippen LogP contribution in [0.25, 0.3) is 0 Å². The molecule has 7 rings (SSSR count). The van der Waals surface area contributed by atoms with Crippen molar-refractivity contribution in [1.82, 2.24) is 4.98 Å². The highest BCUT2D eigenvalue weighted by atomic mass is 16.6. The minimum Gasteiger partial charge on any atom is -0.507 e. The first kappa shape index (κ1) is 34.7. The van der Waals surface area contributed by atoms with Gasteiger partial charge in [-0.15, -0.1) is 0 Å². The molecule has 0 saturated heterocycles. The van der Waals surface area contributed by atoms with Gasteiger partial charge in [-0.1, -0.05) is 127 Å². The average Bonchev–Trinajstić information content (AvgIpc) is 3.19. The first-order valence-corrected chi connectivity index (χ1v) is 17.1. The monoisotopic (exact) mass is 694 g/mol. The van der Waals surface area contributed by atoms with Crippen molar-refractivity contribution in [3.8, 4) is 5.75 Å². The van der Waals surface area contributed by atoms with Crippen molar-refractivity contribution in [2.45, 2.75) is 50.8 Å². The minimum absolute atomic E-state index is 0.140. The van der Waals surface area contributed by atoms with Crippen molar-refractivity contribution in [3.63, 3.8) is 0 Å². The number of hydrogen-bond acceptors (Lipinski definition) is 8. The Morgan fingerprint density at radius 1 is 0.500 bits per heavy atom. The number of nitro benzene ring substituents is 1. The molecule has 1 aliphatic heterocycles. The van der Waals surface area contributed by atoms with E-state index < -0.39 is 29.3 Å². The summed E-state index contributed by atoms with van der Waals surface area (Å²) in [4.78, 5) is 16.6. The van der Waals surface area contributed by atoms with E-state index in [0.29, 0.717) is 11.4 Å². The van der Waals surface area contributed by atoms with Crippen LogP contribution in [0.3, 0.4) is 0 Å². The zero-order valence-electron chi connectivity index (χ0n) is 28.4. The zero-order valence-corrected chi connectivity index (χ0v) is 28.4. The molecule has 52 heavy (non-hydrogen) atoms. The average molecular weight is 695 g/mol. The van der Waals surface area contributed by atoms with E-state index in [1.807, 2.05) is 140 Å². The standard InChI is InChI=1S/C43H38N2O7/c46-39-34-24-38(45(47)48)25-35(39)27-50-41(31-16-7-2-8-17-31)43(33-20-11-4-12-21-33)52-29-37-23-13-22-36(44-37)28-51-42(32-18-9-3-10-19-32)40(49-26-34)30-14-5-1-6-15-30/h1-25,40-43,46H,26-29H2/t40-,41-,42-,43-/m1/s1. The predicted molar refractivity (Wildman–Crippen MR) is 195 cm³/mol. The fraction of sp³-hybridized carbons (Fsp3) is 0.186. The number of nitro groups is 1. The van der Waals surface area contributed by atoms with Crippen molar-refractivity contribution in [1.29, 1.82) is 0 Å². The third-order valence-electron chi connectivity index (χ3n) is 9.05. The second kappa shape index (κ2) is 16.5. The zero-order chi connectivity index (χ0) is 35.7. The van der Waals surface area contributed by atoms with E-state index in [1.165, 1.54) is 12.1 Å². The van der Waals surface area contributed by atoms with Gasteiger partial charge in [0, 0.05) is 23.3 Å². The third kappa shape index (κ3) is 8.25. The molecule has 1 N–H and O–H groups in total. The summed E-state index contributed by atoms with van der Waals surface area (Å²) >= 11 is 0. The summed E-state index contributed by atoms with van der Waals surface area (Å²) in [5.74, 6) is -0.140. The lowest BCUT2D eigenvalue weighted by molar-refractivity contribution is -0.385. The highest BCUT2D eigenvalue weighted by molar-refractivity contribution is 5.49. The number of ether oxygens (including phenoxy) is 4. The van der Waals surface area contributed by atoms with Crippen LogP contribution >= 0.6 is 0 Å². The maximum Gasteiger partial charge on any atom is 0.270 e. The summed E-state index contributed by atoms with van der Waals surface area (Å²) in [7, 11) is 0. The Bertz CT molecular complexity index is 1930. The first-order valence-electron chi connectivity index (χ1n) is 17.1. The molecule has 1 aromatic heterocycles. The summed E-state index contributed by atoms with van der Waals surface area (Å²) in [5, 5.41) is 23.9. The SMILES string of the molecule is O=[N+]([O-])c1cc2c(O)c(c1)CO[C@H](c1ccccc1)[C@@H](c1ccccc1)OCc1cccc(n1)CO[C@H](c1ccccc1)[C@@H](c1ccccc1)OC2. The Hall–Kier alpha value is -5.71. The Morgan fingerprint density at radius 3 is 1.15 bits per heavy atom. The second-order valence-corrected chi connectivity index (χ2v) is 12.6. The quantitative estimate of drug-likeness (QED) is 0.140. The number of hydrogen-bond donors (Lipinski definition) is 1. The predicted octanol–water partition coefficient (Wildman–Crippen LogP) is 9.44. The molecule has 0 unspecified atom stereocenters.